The highest BCUT2D eigenvalue weighted by molar-refractivity contribution is 6.31. The van der Waals surface area contributed by atoms with Gasteiger partial charge < -0.3 is 15.0 Å². The third-order valence-electron chi connectivity index (χ3n) is 3.82. The van der Waals surface area contributed by atoms with Gasteiger partial charge >= 0.3 is 0 Å². The summed E-state index contributed by atoms with van der Waals surface area (Å²) in [5, 5.41) is 3.66. The van der Waals surface area contributed by atoms with E-state index in [4.69, 9.17) is 16.3 Å². The quantitative estimate of drug-likeness (QED) is 0.594. The molecule has 0 fully saturated rings. The van der Waals surface area contributed by atoms with Crippen LogP contribution in [0.4, 0.5) is 0 Å². The van der Waals surface area contributed by atoms with Crippen LogP contribution in [0.15, 0.2) is 24.3 Å². The van der Waals surface area contributed by atoms with Gasteiger partial charge in [-0.1, -0.05) is 43.6 Å². The smallest absolute Gasteiger partial charge is 0.220 e. The lowest BCUT2D eigenvalue weighted by molar-refractivity contribution is -0.121. The van der Waals surface area contributed by atoms with E-state index >= 15 is 0 Å². The van der Waals surface area contributed by atoms with Gasteiger partial charge in [0.05, 0.1) is 13.2 Å². The van der Waals surface area contributed by atoms with Crippen molar-refractivity contribution in [2.75, 3.05) is 39.4 Å². The number of likely N-dealkylation sites (N-methyl/N-ethyl adjacent to an activating group) is 1. The van der Waals surface area contributed by atoms with Crippen LogP contribution in [0.25, 0.3) is 0 Å². The zero-order valence-electron chi connectivity index (χ0n) is 14.3. The van der Waals surface area contributed by atoms with E-state index in [0.717, 1.165) is 43.1 Å². The number of nitrogens with zero attached hydrogens (tertiary/aromatic N) is 1. The van der Waals surface area contributed by atoms with E-state index in [0.29, 0.717) is 26.2 Å². The second kappa shape index (κ2) is 12.3. The van der Waals surface area contributed by atoms with Gasteiger partial charge in [-0.25, -0.2) is 0 Å². The molecular weight excluding hydrogens is 312 g/mol. The molecule has 1 amide bonds. The average Bonchev–Trinajstić information content (AvgIpc) is 2.56. The van der Waals surface area contributed by atoms with E-state index < -0.39 is 0 Å². The summed E-state index contributed by atoms with van der Waals surface area (Å²) in [6.45, 7) is 9.17. The van der Waals surface area contributed by atoms with Crippen LogP contribution in [0.1, 0.15) is 32.3 Å². The Kier molecular flexibility index (Phi) is 10.7. The number of hydrogen-bond donors (Lipinski definition) is 1. The predicted octanol–water partition coefficient (Wildman–Crippen LogP) is 3.14. The highest BCUT2D eigenvalue weighted by Crippen LogP contribution is 2.16. The maximum atomic E-state index is 11.7. The molecule has 23 heavy (non-hydrogen) atoms. The third-order valence-corrected chi connectivity index (χ3v) is 4.19. The Hall–Kier alpha value is -1.10. The highest BCUT2D eigenvalue weighted by atomic mass is 35.5. The van der Waals surface area contributed by atoms with Gasteiger partial charge in [0.15, 0.2) is 0 Å². The number of benzene rings is 1. The van der Waals surface area contributed by atoms with Gasteiger partial charge in [0, 0.05) is 24.5 Å². The molecule has 0 spiro atoms. The zero-order valence-corrected chi connectivity index (χ0v) is 15.1. The van der Waals surface area contributed by atoms with Gasteiger partial charge in [-0.3, -0.25) is 4.79 Å². The van der Waals surface area contributed by atoms with Crippen LogP contribution in [0, 0.1) is 0 Å². The molecule has 0 unspecified atom stereocenters. The fourth-order valence-corrected chi connectivity index (χ4v) is 2.56. The topological polar surface area (TPSA) is 41.6 Å². The van der Waals surface area contributed by atoms with Crippen molar-refractivity contribution in [1.82, 2.24) is 10.2 Å². The molecule has 1 aromatic carbocycles. The maximum absolute atomic E-state index is 11.7. The molecule has 0 saturated heterocycles. The van der Waals surface area contributed by atoms with Gasteiger partial charge in [0.2, 0.25) is 5.91 Å². The summed E-state index contributed by atoms with van der Waals surface area (Å²) >= 11 is 6.09. The Bertz CT molecular complexity index is 450. The summed E-state index contributed by atoms with van der Waals surface area (Å²) in [6, 6.07) is 7.77. The molecule has 1 rings (SSSR count). The molecule has 1 aromatic rings. The Morgan fingerprint density at radius 3 is 2.65 bits per heavy atom. The molecule has 130 valence electrons. The van der Waals surface area contributed by atoms with Crippen LogP contribution in [0.5, 0.6) is 0 Å². The van der Waals surface area contributed by atoms with E-state index in [1.165, 1.54) is 0 Å². The van der Waals surface area contributed by atoms with E-state index in [9.17, 15) is 4.79 Å². The monoisotopic (exact) mass is 340 g/mol. The summed E-state index contributed by atoms with van der Waals surface area (Å²) in [5.41, 5.74) is 1.10. The number of carbonyl (C=O) groups excluding carboxylic acids is 1. The van der Waals surface area contributed by atoms with Gasteiger partial charge in [-0.15, -0.1) is 0 Å². The minimum absolute atomic E-state index is 0.0735. The minimum atomic E-state index is 0.0735. The lowest BCUT2D eigenvalue weighted by Crippen LogP contribution is -2.30. The molecule has 0 aliphatic rings. The van der Waals surface area contributed by atoms with E-state index in [1.807, 2.05) is 24.3 Å². The maximum Gasteiger partial charge on any atom is 0.220 e. The number of rotatable bonds is 12. The number of amides is 1. The number of ether oxygens (including phenoxy) is 1. The van der Waals surface area contributed by atoms with Crippen LogP contribution >= 0.6 is 11.6 Å². The molecule has 0 aliphatic heterocycles. The Balaban J connectivity index is 2.01. The lowest BCUT2D eigenvalue weighted by Gasteiger charge is -2.17. The first-order valence-electron chi connectivity index (χ1n) is 8.47. The van der Waals surface area contributed by atoms with Crippen molar-refractivity contribution in [3.8, 4) is 0 Å². The molecule has 0 saturated carbocycles. The summed E-state index contributed by atoms with van der Waals surface area (Å²) in [6.07, 6.45) is 2.15. The minimum Gasteiger partial charge on any atom is -0.378 e. The lowest BCUT2D eigenvalue weighted by atomic mass is 10.1. The van der Waals surface area contributed by atoms with E-state index in [1.54, 1.807) is 0 Å². The number of halogens is 1. The van der Waals surface area contributed by atoms with Crippen molar-refractivity contribution in [1.29, 1.82) is 0 Å². The standard InChI is InChI=1S/C18H29ClN2O2/c1-3-21(4-2)13-15-23-14-12-20-18(22)11-7-9-16-8-5-6-10-17(16)19/h5-6,8,10H,3-4,7,9,11-15H2,1-2H3,(H,20,22). The summed E-state index contributed by atoms with van der Waals surface area (Å²) in [5.74, 6) is 0.0735. The van der Waals surface area contributed by atoms with Crippen LogP contribution < -0.4 is 5.32 Å². The molecule has 0 atom stereocenters. The molecule has 4 nitrogen and oxygen atoms in total. The molecule has 1 N–H and O–H groups in total. The van der Waals surface area contributed by atoms with Crippen molar-refractivity contribution < 1.29 is 9.53 Å². The predicted molar refractivity (Wildman–Crippen MR) is 96.0 cm³/mol. The van der Waals surface area contributed by atoms with Crippen molar-refractivity contribution in [3.63, 3.8) is 0 Å². The average molecular weight is 341 g/mol. The van der Waals surface area contributed by atoms with Crippen molar-refractivity contribution >= 4 is 17.5 Å². The normalized spacial score (nSPS) is 11.0. The van der Waals surface area contributed by atoms with Gasteiger partial charge in [-0.05, 0) is 37.6 Å². The summed E-state index contributed by atoms with van der Waals surface area (Å²) < 4.78 is 5.53. The van der Waals surface area contributed by atoms with Gasteiger partial charge in [0.1, 0.15) is 0 Å². The molecule has 0 aromatic heterocycles. The van der Waals surface area contributed by atoms with Crippen molar-refractivity contribution in [3.05, 3.63) is 34.9 Å². The molecular formula is C18H29ClN2O2. The third kappa shape index (κ3) is 8.94. The van der Waals surface area contributed by atoms with E-state index in [-0.39, 0.29) is 5.91 Å². The van der Waals surface area contributed by atoms with E-state index in [2.05, 4.69) is 24.1 Å². The number of hydrogen-bond acceptors (Lipinski definition) is 3. The Morgan fingerprint density at radius 2 is 1.96 bits per heavy atom. The first-order valence-corrected chi connectivity index (χ1v) is 8.85. The van der Waals surface area contributed by atoms with Crippen LogP contribution in [0.3, 0.4) is 0 Å². The first kappa shape index (κ1) is 19.9. The molecule has 0 aliphatic carbocycles. The second-order valence-electron chi connectivity index (χ2n) is 5.43. The Morgan fingerprint density at radius 1 is 1.22 bits per heavy atom. The summed E-state index contributed by atoms with van der Waals surface area (Å²) in [4.78, 5) is 14.1. The molecule has 0 heterocycles. The highest BCUT2D eigenvalue weighted by Gasteiger charge is 2.03. The van der Waals surface area contributed by atoms with Crippen LogP contribution in [-0.4, -0.2) is 50.2 Å². The van der Waals surface area contributed by atoms with Crippen LogP contribution in [0.2, 0.25) is 5.02 Å². The van der Waals surface area contributed by atoms with Crippen molar-refractivity contribution in [2.24, 2.45) is 0 Å². The fraction of sp³-hybridized carbons (Fsp3) is 0.611. The first-order chi connectivity index (χ1) is 11.2. The van der Waals surface area contributed by atoms with Gasteiger partial charge in [-0.2, -0.15) is 0 Å². The molecule has 0 radical (unpaired) electrons. The molecule has 0 bridgehead atoms. The largest absolute Gasteiger partial charge is 0.378 e. The van der Waals surface area contributed by atoms with Crippen molar-refractivity contribution in [2.45, 2.75) is 33.1 Å². The van der Waals surface area contributed by atoms with Crippen LogP contribution in [-0.2, 0) is 16.0 Å². The zero-order chi connectivity index (χ0) is 16.9. The molecule has 5 heteroatoms. The number of aryl methyl sites for hydroxylation is 1. The number of carbonyl (C=O) groups is 1. The second-order valence-corrected chi connectivity index (χ2v) is 5.84. The Labute approximate surface area is 145 Å². The fourth-order valence-electron chi connectivity index (χ4n) is 2.33. The summed E-state index contributed by atoms with van der Waals surface area (Å²) in [7, 11) is 0. The SMILES string of the molecule is CCN(CC)CCOCCNC(=O)CCCc1ccccc1Cl. The van der Waals surface area contributed by atoms with Gasteiger partial charge in [0.25, 0.3) is 0 Å². The number of nitrogens with one attached hydrogen (secondary N) is 1.